The van der Waals surface area contributed by atoms with Crippen LogP contribution in [0.15, 0.2) is 53.1 Å². The normalized spacial score (nSPS) is 31.8. The number of hydrogen-bond donors (Lipinski definition) is 1. The fourth-order valence-electron chi connectivity index (χ4n) is 4.42. The maximum atomic E-state index is 10.6. The van der Waals surface area contributed by atoms with Crippen LogP contribution in [0.5, 0.6) is 0 Å². The van der Waals surface area contributed by atoms with Crippen molar-refractivity contribution in [3.8, 4) is 0 Å². The molecule has 0 aliphatic carbocycles. The molecule has 164 valence electrons. The lowest BCUT2D eigenvalue weighted by atomic mass is 9.92. The van der Waals surface area contributed by atoms with Crippen LogP contribution in [-0.2, 0) is 25.6 Å². The fraction of sp³-hybridized carbons (Fsp3) is 0.583. The van der Waals surface area contributed by atoms with E-state index in [1.165, 1.54) is 0 Å². The zero-order valence-corrected chi connectivity index (χ0v) is 17.9. The zero-order chi connectivity index (χ0) is 21.1. The predicted molar refractivity (Wildman–Crippen MR) is 111 cm³/mol. The summed E-state index contributed by atoms with van der Waals surface area (Å²) in [7, 11) is 0. The molecule has 1 N–H and O–H groups in total. The van der Waals surface area contributed by atoms with Gasteiger partial charge in [0.1, 0.15) is 11.9 Å². The summed E-state index contributed by atoms with van der Waals surface area (Å²) in [5.74, 6) is 0.119. The van der Waals surface area contributed by atoms with Gasteiger partial charge in [0.15, 0.2) is 5.79 Å². The van der Waals surface area contributed by atoms with Crippen LogP contribution in [0.25, 0.3) is 0 Å². The van der Waals surface area contributed by atoms with Gasteiger partial charge >= 0.3 is 0 Å². The predicted octanol–water partition coefficient (Wildman–Crippen LogP) is 4.23. The van der Waals surface area contributed by atoms with E-state index in [1.54, 1.807) is 18.4 Å². The van der Waals surface area contributed by atoms with E-state index in [1.807, 2.05) is 32.0 Å². The van der Waals surface area contributed by atoms with Gasteiger partial charge in [-0.1, -0.05) is 37.3 Å². The molecule has 1 aromatic heterocycles. The van der Waals surface area contributed by atoms with Crippen LogP contribution in [0.2, 0.25) is 0 Å². The molecule has 2 aliphatic heterocycles. The first-order valence-electron chi connectivity index (χ1n) is 10.8. The van der Waals surface area contributed by atoms with Crippen molar-refractivity contribution in [1.82, 2.24) is 0 Å². The highest BCUT2D eigenvalue weighted by atomic mass is 16.7. The Morgan fingerprint density at radius 3 is 2.60 bits per heavy atom. The third kappa shape index (κ3) is 5.13. The minimum absolute atomic E-state index is 0.0335. The van der Waals surface area contributed by atoms with Crippen molar-refractivity contribution < 1.29 is 28.5 Å². The van der Waals surface area contributed by atoms with Crippen LogP contribution >= 0.6 is 0 Å². The second kappa shape index (κ2) is 9.20. The first kappa shape index (κ1) is 21.5. The molecule has 6 heteroatoms. The highest BCUT2D eigenvalue weighted by Crippen LogP contribution is 2.38. The molecule has 2 aliphatic rings. The van der Waals surface area contributed by atoms with E-state index >= 15 is 0 Å². The van der Waals surface area contributed by atoms with Gasteiger partial charge in [0.25, 0.3) is 0 Å². The molecule has 6 nitrogen and oxygen atoms in total. The lowest BCUT2D eigenvalue weighted by molar-refractivity contribution is -0.145. The first-order valence-corrected chi connectivity index (χ1v) is 10.8. The molecule has 3 heterocycles. The molecule has 0 radical (unpaired) electrons. The van der Waals surface area contributed by atoms with Crippen molar-refractivity contribution in [1.29, 1.82) is 0 Å². The molecule has 2 aromatic rings. The van der Waals surface area contributed by atoms with Gasteiger partial charge in [0.2, 0.25) is 0 Å². The molecule has 30 heavy (non-hydrogen) atoms. The number of hydrogen-bond acceptors (Lipinski definition) is 6. The quantitative estimate of drug-likeness (QED) is 0.694. The Balaban J connectivity index is 1.43. The Labute approximate surface area is 178 Å². The molecule has 2 unspecified atom stereocenters. The molecule has 2 saturated heterocycles. The van der Waals surface area contributed by atoms with Gasteiger partial charge in [0, 0.05) is 18.8 Å². The van der Waals surface area contributed by atoms with Gasteiger partial charge in [-0.2, -0.15) is 0 Å². The zero-order valence-electron chi connectivity index (χ0n) is 17.9. The topological polar surface area (TPSA) is 70.3 Å². The van der Waals surface area contributed by atoms with Crippen LogP contribution in [0.1, 0.15) is 51.0 Å². The van der Waals surface area contributed by atoms with Gasteiger partial charge in [-0.25, -0.2) is 0 Å². The summed E-state index contributed by atoms with van der Waals surface area (Å²) in [5, 5.41) is 10.6. The van der Waals surface area contributed by atoms with Crippen molar-refractivity contribution >= 4 is 0 Å². The lowest BCUT2D eigenvalue weighted by Gasteiger charge is -2.24. The number of rotatable bonds is 8. The summed E-state index contributed by atoms with van der Waals surface area (Å²) >= 11 is 0. The van der Waals surface area contributed by atoms with E-state index in [4.69, 9.17) is 23.4 Å². The molecule has 0 spiro atoms. The van der Waals surface area contributed by atoms with Crippen LogP contribution in [0.4, 0.5) is 0 Å². The molecule has 2 fully saturated rings. The highest BCUT2D eigenvalue weighted by molar-refractivity contribution is 5.13. The number of furan rings is 1. The second-order valence-corrected chi connectivity index (χ2v) is 8.79. The summed E-state index contributed by atoms with van der Waals surface area (Å²) in [4.78, 5) is 0. The molecule has 1 aromatic carbocycles. The molecule has 0 amide bonds. The molecule has 4 rings (SSSR count). The standard InChI is InChI=1S/C24H32O6/c1-16-21(13-19(25)20-10-7-11-26-20)29-22(12-18-15-28-24(2,3)30-18)23(16)27-14-17-8-5-4-6-9-17/h4-11,16,18-19,21-23,25H,12-15H2,1-3H3/t16-,18?,19?,21-,22+,23+/m0/s1. The summed E-state index contributed by atoms with van der Waals surface area (Å²) in [6, 6.07) is 13.7. The highest BCUT2D eigenvalue weighted by Gasteiger charge is 2.46. The van der Waals surface area contributed by atoms with Crippen LogP contribution in [0.3, 0.4) is 0 Å². The van der Waals surface area contributed by atoms with Gasteiger partial charge in [-0.05, 0) is 31.5 Å². The van der Waals surface area contributed by atoms with Crippen molar-refractivity contribution in [3.05, 3.63) is 60.1 Å². The van der Waals surface area contributed by atoms with Gasteiger partial charge in [-0.15, -0.1) is 0 Å². The number of aliphatic hydroxyl groups excluding tert-OH is 1. The van der Waals surface area contributed by atoms with E-state index in [0.29, 0.717) is 31.8 Å². The fourth-order valence-corrected chi connectivity index (χ4v) is 4.42. The molecular formula is C24H32O6. The van der Waals surface area contributed by atoms with E-state index < -0.39 is 11.9 Å². The van der Waals surface area contributed by atoms with E-state index in [9.17, 15) is 5.11 Å². The lowest BCUT2D eigenvalue weighted by Crippen LogP contribution is -2.33. The number of ether oxygens (including phenoxy) is 4. The molecular weight excluding hydrogens is 384 g/mol. The van der Waals surface area contributed by atoms with E-state index in [-0.39, 0.29) is 30.3 Å². The van der Waals surface area contributed by atoms with E-state index in [0.717, 1.165) is 5.56 Å². The maximum Gasteiger partial charge on any atom is 0.163 e. The van der Waals surface area contributed by atoms with E-state index in [2.05, 4.69) is 19.1 Å². The monoisotopic (exact) mass is 416 g/mol. The Morgan fingerprint density at radius 2 is 1.93 bits per heavy atom. The third-order valence-electron chi connectivity index (χ3n) is 6.00. The number of benzene rings is 1. The van der Waals surface area contributed by atoms with Gasteiger partial charge in [-0.3, -0.25) is 0 Å². The third-order valence-corrected chi connectivity index (χ3v) is 6.00. The van der Waals surface area contributed by atoms with Gasteiger partial charge < -0.3 is 28.5 Å². The number of aliphatic hydroxyl groups is 1. The van der Waals surface area contributed by atoms with Crippen LogP contribution < -0.4 is 0 Å². The molecule has 0 bridgehead atoms. The Bertz CT molecular complexity index is 774. The summed E-state index contributed by atoms with van der Waals surface area (Å²) in [6.07, 6.45) is 1.65. The Kier molecular flexibility index (Phi) is 6.60. The average Bonchev–Trinajstić information content (AvgIpc) is 3.43. The SMILES string of the molecule is C[C@@H]1[C@@H](OCc2ccccc2)[C@@H](CC2COC(C)(C)O2)O[C@H]1CC(O)c1ccco1. The summed E-state index contributed by atoms with van der Waals surface area (Å²) < 4.78 is 29.9. The molecule has 0 saturated carbocycles. The van der Waals surface area contributed by atoms with Crippen molar-refractivity contribution in [2.24, 2.45) is 5.92 Å². The van der Waals surface area contributed by atoms with Crippen molar-refractivity contribution in [3.63, 3.8) is 0 Å². The minimum atomic E-state index is -0.703. The van der Waals surface area contributed by atoms with Crippen molar-refractivity contribution in [2.75, 3.05) is 6.61 Å². The first-order chi connectivity index (χ1) is 14.4. The summed E-state index contributed by atoms with van der Waals surface area (Å²) in [5.41, 5.74) is 1.13. The Hall–Kier alpha value is -1.70. The summed E-state index contributed by atoms with van der Waals surface area (Å²) in [6.45, 7) is 7.06. The second-order valence-electron chi connectivity index (χ2n) is 8.79. The maximum absolute atomic E-state index is 10.6. The smallest absolute Gasteiger partial charge is 0.163 e. The minimum Gasteiger partial charge on any atom is -0.467 e. The molecule has 6 atom stereocenters. The van der Waals surface area contributed by atoms with Gasteiger partial charge in [0.05, 0.1) is 43.9 Å². The van der Waals surface area contributed by atoms with Crippen molar-refractivity contribution in [2.45, 2.75) is 76.5 Å². The average molecular weight is 417 g/mol. The van der Waals surface area contributed by atoms with Crippen LogP contribution in [0, 0.1) is 5.92 Å². The Morgan fingerprint density at radius 1 is 1.13 bits per heavy atom. The largest absolute Gasteiger partial charge is 0.467 e. The van der Waals surface area contributed by atoms with Crippen LogP contribution in [-0.4, -0.2) is 41.9 Å².